The summed E-state index contributed by atoms with van der Waals surface area (Å²) in [5, 5.41) is 3.46. The van der Waals surface area contributed by atoms with Gasteiger partial charge in [0.05, 0.1) is 15.8 Å². The third-order valence-electron chi connectivity index (χ3n) is 4.96. The number of carbonyl (C=O) groups excluding carboxylic acids is 1. The van der Waals surface area contributed by atoms with Crippen LogP contribution in [0.1, 0.15) is 29.3 Å². The molecule has 0 saturated carbocycles. The third-order valence-corrected chi connectivity index (χ3v) is 7.63. The molecule has 4 rings (SSSR count). The average molecular weight is 472 g/mol. The van der Waals surface area contributed by atoms with Crippen molar-refractivity contribution in [1.82, 2.24) is 14.8 Å². The Balaban J connectivity index is 1.58. The molecule has 0 aliphatic carbocycles. The predicted octanol–water partition coefficient (Wildman–Crippen LogP) is 3.47. The number of aryl methyl sites for hydroxylation is 1. The van der Waals surface area contributed by atoms with Crippen LogP contribution in [-0.4, -0.2) is 29.8 Å². The van der Waals surface area contributed by atoms with Gasteiger partial charge in [-0.3, -0.25) is 4.79 Å². The van der Waals surface area contributed by atoms with Gasteiger partial charge in [-0.1, -0.05) is 31.2 Å². The van der Waals surface area contributed by atoms with E-state index < -0.39 is 16.0 Å². The van der Waals surface area contributed by atoms with E-state index in [0.717, 1.165) is 5.39 Å². The van der Waals surface area contributed by atoms with E-state index in [0.29, 0.717) is 17.5 Å². The SMILES string of the molecule is CCC1SC=C(OC(=O)c2ccc3ccc(=O)[nH]c3c2)N1NS(=O)(=O)c1ccccc1C. The number of thioether (sulfide) groups is 1. The Hall–Kier alpha value is -3.08. The van der Waals surface area contributed by atoms with Gasteiger partial charge in [0.25, 0.3) is 10.0 Å². The molecule has 0 radical (unpaired) electrons. The zero-order chi connectivity index (χ0) is 22.9. The number of H-pyrrole nitrogens is 1. The summed E-state index contributed by atoms with van der Waals surface area (Å²) in [5.41, 5.74) is 1.06. The van der Waals surface area contributed by atoms with Gasteiger partial charge in [0.15, 0.2) is 0 Å². The number of aromatic amines is 1. The van der Waals surface area contributed by atoms with Crippen molar-refractivity contribution in [3.8, 4) is 0 Å². The molecule has 0 saturated heterocycles. The Morgan fingerprint density at radius 1 is 1.19 bits per heavy atom. The summed E-state index contributed by atoms with van der Waals surface area (Å²) >= 11 is 1.35. The molecule has 32 heavy (non-hydrogen) atoms. The van der Waals surface area contributed by atoms with Gasteiger partial charge < -0.3 is 9.72 Å². The number of hydrogen-bond donors (Lipinski definition) is 2. The average Bonchev–Trinajstić information content (AvgIpc) is 3.13. The second-order valence-electron chi connectivity index (χ2n) is 7.20. The highest BCUT2D eigenvalue weighted by molar-refractivity contribution is 8.03. The van der Waals surface area contributed by atoms with Crippen LogP contribution >= 0.6 is 11.8 Å². The fraction of sp³-hybridized carbons (Fsp3) is 0.182. The highest BCUT2D eigenvalue weighted by Gasteiger charge is 2.33. The second-order valence-corrected chi connectivity index (χ2v) is 9.88. The van der Waals surface area contributed by atoms with Crippen LogP contribution in [-0.2, 0) is 14.8 Å². The number of fused-ring (bicyclic) bond motifs is 1. The number of ether oxygens (including phenoxy) is 1. The van der Waals surface area contributed by atoms with Gasteiger partial charge in [-0.15, -0.1) is 16.6 Å². The van der Waals surface area contributed by atoms with E-state index >= 15 is 0 Å². The fourth-order valence-electron chi connectivity index (χ4n) is 3.32. The number of hydrogen-bond acceptors (Lipinski definition) is 7. The molecule has 1 aromatic heterocycles. The van der Waals surface area contributed by atoms with E-state index in [1.165, 1.54) is 35.0 Å². The van der Waals surface area contributed by atoms with E-state index in [1.807, 2.05) is 6.92 Å². The monoisotopic (exact) mass is 471 g/mol. The van der Waals surface area contributed by atoms with Crippen LogP contribution in [0, 0.1) is 6.92 Å². The van der Waals surface area contributed by atoms with Gasteiger partial charge in [0.2, 0.25) is 11.4 Å². The van der Waals surface area contributed by atoms with Crippen LogP contribution in [0.4, 0.5) is 0 Å². The molecule has 1 unspecified atom stereocenters. The van der Waals surface area contributed by atoms with Gasteiger partial charge in [-0.25, -0.2) is 18.2 Å². The molecule has 0 amide bonds. The number of sulfonamides is 1. The number of hydrazine groups is 1. The Labute approximate surface area is 189 Å². The van der Waals surface area contributed by atoms with E-state index in [1.54, 1.807) is 48.7 Å². The third kappa shape index (κ3) is 4.43. The van der Waals surface area contributed by atoms with Crippen LogP contribution in [0.15, 0.2) is 75.6 Å². The lowest BCUT2D eigenvalue weighted by Gasteiger charge is -2.27. The molecular weight excluding hydrogens is 450 g/mol. The predicted molar refractivity (Wildman–Crippen MR) is 123 cm³/mol. The molecule has 1 aliphatic heterocycles. The van der Waals surface area contributed by atoms with Crippen LogP contribution < -0.4 is 10.4 Å². The molecule has 0 spiro atoms. The lowest BCUT2D eigenvalue weighted by atomic mass is 10.1. The van der Waals surface area contributed by atoms with Crippen molar-refractivity contribution >= 4 is 38.7 Å². The quantitative estimate of drug-likeness (QED) is 0.530. The van der Waals surface area contributed by atoms with Crippen LogP contribution in [0.2, 0.25) is 0 Å². The van der Waals surface area contributed by atoms with Crippen molar-refractivity contribution in [2.75, 3.05) is 0 Å². The number of rotatable bonds is 6. The van der Waals surface area contributed by atoms with Gasteiger partial charge in [0, 0.05) is 17.0 Å². The lowest BCUT2D eigenvalue weighted by molar-refractivity contribution is 0.0466. The number of benzene rings is 2. The first-order chi connectivity index (χ1) is 15.3. The number of esters is 1. The number of carbonyl (C=O) groups is 1. The number of pyridine rings is 1. The molecule has 166 valence electrons. The van der Waals surface area contributed by atoms with Crippen molar-refractivity contribution in [2.45, 2.75) is 30.5 Å². The van der Waals surface area contributed by atoms with Gasteiger partial charge >= 0.3 is 5.97 Å². The Morgan fingerprint density at radius 3 is 2.69 bits per heavy atom. The summed E-state index contributed by atoms with van der Waals surface area (Å²) in [7, 11) is -3.89. The summed E-state index contributed by atoms with van der Waals surface area (Å²) < 4.78 is 31.5. The number of nitrogens with zero attached hydrogens (tertiary/aromatic N) is 1. The summed E-state index contributed by atoms with van der Waals surface area (Å²) in [6.07, 6.45) is 0.607. The first kappa shape index (κ1) is 22.1. The molecule has 0 fully saturated rings. The Bertz CT molecular complexity index is 1380. The molecule has 8 nitrogen and oxygen atoms in total. The minimum absolute atomic E-state index is 0.0886. The molecule has 0 bridgehead atoms. The molecule has 2 aromatic carbocycles. The molecule has 1 aliphatic rings. The van der Waals surface area contributed by atoms with Crippen LogP contribution in [0.3, 0.4) is 0 Å². The number of aromatic nitrogens is 1. The second kappa shape index (κ2) is 8.81. The lowest BCUT2D eigenvalue weighted by Crippen LogP contribution is -2.45. The topological polar surface area (TPSA) is 109 Å². The van der Waals surface area contributed by atoms with Crippen molar-refractivity contribution < 1.29 is 17.9 Å². The zero-order valence-electron chi connectivity index (χ0n) is 17.4. The maximum Gasteiger partial charge on any atom is 0.344 e. The summed E-state index contributed by atoms with van der Waals surface area (Å²) in [6, 6.07) is 14.5. The largest absolute Gasteiger partial charge is 0.404 e. The first-order valence-corrected chi connectivity index (χ1v) is 12.3. The van der Waals surface area contributed by atoms with Crippen molar-refractivity contribution in [1.29, 1.82) is 0 Å². The smallest absolute Gasteiger partial charge is 0.344 e. The van der Waals surface area contributed by atoms with Crippen LogP contribution in [0.5, 0.6) is 0 Å². The normalized spacial score (nSPS) is 16.2. The van der Waals surface area contributed by atoms with Crippen molar-refractivity contribution in [3.63, 3.8) is 0 Å². The van der Waals surface area contributed by atoms with Crippen molar-refractivity contribution in [3.05, 3.63) is 87.4 Å². The summed E-state index contributed by atoms with van der Waals surface area (Å²) in [6.45, 7) is 3.62. The minimum Gasteiger partial charge on any atom is -0.404 e. The Morgan fingerprint density at radius 2 is 1.94 bits per heavy atom. The van der Waals surface area contributed by atoms with E-state index in [-0.39, 0.29) is 27.3 Å². The van der Waals surface area contributed by atoms with Gasteiger partial charge in [-0.05, 0) is 48.6 Å². The molecule has 2 heterocycles. The Kier molecular flexibility index (Phi) is 6.09. The minimum atomic E-state index is -3.89. The summed E-state index contributed by atoms with van der Waals surface area (Å²) in [4.78, 5) is 29.7. The fourth-order valence-corrected chi connectivity index (χ4v) is 5.62. The molecule has 1 atom stereocenters. The highest BCUT2D eigenvalue weighted by atomic mass is 32.2. The van der Waals surface area contributed by atoms with Crippen LogP contribution in [0.25, 0.3) is 10.9 Å². The highest BCUT2D eigenvalue weighted by Crippen LogP contribution is 2.33. The van der Waals surface area contributed by atoms with Gasteiger partial charge in [-0.2, -0.15) is 0 Å². The zero-order valence-corrected chi connectivity index (χ0v) is 19.0. The summed E-state index contributed by atoms with van der Waals surface area (Å²) in [5.74, 6) is -0.578. The maximum absolute atomic E-state index is 13.0. The molecule has 2 N–H and O–H groups in total. The maximum atomic E-state index is 13.0. The standard InChI is InChI=1S/C22H21N3O5S2/c1-3-21-25(24-32(28,29)18-7-5-4-6-14(18)2)20(13-31-21)30-22(27)16-9-8-15-10-11-19(26)23-17(15)12-16/h4-13,21,24H,3H2,1-2H3,(H,23,26). The number of nitrogens with one attached hydrogen (secondary N) is 2. The van der Waals surface area contributed by atoms with E-state index in [4.69, 9.17) is 4.74 Å². The molecule has 10 heteroatoms. The van der Waals surface area contributed by atoms with Gasteiger partial charge in [0.1, 0.15) is 0 Å². The molecular formula is C22H21N3O5S2. The van der Waals surface area contributed by atoms with E-state index in [2.05, 4.69) is 9.82 Å². The molecule has 3 aromatic rings. The van der Waals surface area contributed by atoms with Crippen molar-refractivity contribution in [2.24, 2.45) is 0 Å². The first-order valence-electron chi connectivity index (χ1n) is 9.86. The van der Waals surface area contributed by atoms with E-state index in [9.17, 15) is 18.0 Å².